The van der Waals surface area contributed by atoms with Crippen molar-refractivity contribution in [3.8, 4) is 5.75 Å². The Bertz CT molecular complexity index is 646. The molecule has 2 N–H and O–H groups in total. The molecule has 7 nitrogen and oxygen atoms in total. The number of ether oxygens (including phenoxy) is 2. The van der Waals surface area contributed by atoms with Gasteiger partial charge >= 0.3 is 0 Å². The molecule has 0 spiro atoms. The normalized spacial score (nSPS) is 22.8. The fourth-order valence-corrected chi connectivity index (χ4v) is 3.35. The van der Waals surface area contributed by atoms with E-state index in [0.29, 0.717) is 31.1 Å². The minimum absolute atomic E-state index is 0. The third-order valence-electron chi connectivity index (χ3n) is 4.87. The quantitative estimate of drug-likeness (QED) is 0.602. The number of nitrogens with zero attached hydrogens (tertiary/aromatic N) is 1. The van der Waals surface area contributed by atoms with Crippen LogP contribution < -0.4 is 10.2 Å². The van der Waals surface area contributed by atoms with Gasteiger partial charge < -0.3 is 14.4 Å². The van der Waals surface area contributed by atoms with Gasteiger partial charge in [0.25, 0.3) is 5.91 Å². The zero-order valence-corrected chi connectivity index (χ0v) is 15.9. The third kappa shape index (κ3) is 4.49. The Kier molecular flexibility index (Phi) is 7.31. The van der Waals surface area contributed by atoms with E-state index in [1.165, 1.54) is 0 Å². The molecule has 2 heterocycles. The molecule has 8 heteroatoms. The molecule has 144 valence electrons. The maximum absolute atomic E-state index is 13.0. The predicted molar refractivity (Wildman–Crippen MR) is 99.7 cm³/mol. The predicted octanol–water partition coefficient (Wildman–Crippen LogP) is 1.84. The molecule has 2 aliphatic heterocycles. The molecule has 2 atom stereocenters. The summed E-state index contributed by atoms with van der Waals surface area (Å²) >= 11 is 0. The topological polar surface area (TPSA) is 88.1 Å². The number of hydrogen-bond donors (Lipinski definition) is 2. The lowest BCUT2D eigenvalue weighted by molar-refractivity contribution is -0.139. The molecule has 1 aromatic carbocycles. The van der Waals surface area contributed by atoms with Crippen LogP contribution in [0.5, 0.6) is 5.75 Å². The number of hydroxylamine groups is 1. The average Bonchev–Trinajstić information content (AvgIpc) is 3.00. The molecule has 2 aliphatic rings. The summed E-state index contributed by atoms with van der Waals surface area (Å²) in [5, 5.41) is 8.77. The molecule has 0 bridgehead atoms. The lowest BCUT2D eigenvalue weighted by Crippen LogP contribution is -2.43. The van der Waals surface area contributed by atoms with Crippen molar-refractivity contribution in [2.24, 2.45) is 5.92 Å². The summed E-state index contributed by atoms with van der Waals surface area (Å²) in [5.41, 5.74) is 2.79. The zero-order valence-electron chi connectivity index (χ0n) is 14.9. The van der Waals surface area contributed by atoms with Crippen molar-refractivity contribution in [3.63, 3.8) is 0 Å². The average molecular weight is 382 g/mol. The number of hydrogen-bond acceptors (Lipinski definition) is 5. The molecular weight excluding hydrogens is 356 g/mol. The summed E-state index contributed by atoms with van der Waals surface area (Å²) < 4.78 is 11.3. The number of rotatable bonds is 2. The van der Waals surface area contributed by atoms with Crippen molar-refractivity contribution in [3.05, 3.63) is 29.3 Å². The lowest BCUT2D eigenvalue weighted by atomic mass is 9.98. The number of benzene rings is 1. The van der Waals surface area contributed by atoms with E-state index in [-0.39, 0.29) is 31.4 Å². The van der Waals surface area contributed by atoms with Crippen molar-refractivity contribution in [1.29, 1.82) is 0 Å². The van der Waals surface area contributed by atoms with E-state index < -0.39 is 5.91 Å². The molecule has 1 unspecified atom stereocenters. The van der Waals surface area contributed by atoms with E-state index >= 15 is 0 Å². The van der Waals surface area contributed by atoms with Crippen LogP contribution in [0.4, 0.5) is 0 Å². The van der Waals surface area contributed by atoms with Crippen LogP contribution in [0.2, 0.25) is 0 Å². The highest BCUT2D eigenvalue weighted by atomic mass is 32.1. The number of nitrogens with one attached hydrogen (secondary N) is 1. The number of fused-ring (bicyclic) bond motifs is 1. The van der Waals surface area contributed by atoms with Crippen LogP contribution in [0.25, 0.3) is 0 Å². The molecule has 1 fully saturated rings. The third-order valence-corrected chi connectivity index (χ3v) is 4.87. The summed E-state index contributed by atoms with van der Waals surface area (Å²) in [6, 6.07) is 4.93. The Morgan fingerprint density at radius 2 is 2.08 bits per heavy atom. The Morgan fingerprint density at radius 1 is 1.27 bits per heavy atom. The summed E-state index contributed by atoms with van der Waals surface area (Å²) in [7, 11) is 0. The molecule has 26 heavy (non-hydrogen) atoms. The maximum atomic E-state index is 13.0. The summed E-state index contributed by atoms with van der Waals surface area (Å²) in [4.78, 5) is 26.5. The van der Waals surface area contributed by atoms with Crippen molar-refractivity contribution in [1.82, 2.24) is 10.4 Å². The van der Waals surface area contributed by atoms with Gasteiger partial charge in [0.2, 0.25) is 5.91 Å². The van der Waals surface area contributed by atoms with E-state index in [1.54, 1.807) is 23.7 Å². The number of carbonyl (C=O) groups excluding carboxylic acids is 2. The van der Waals surface area contributed by atoms with Gasteiger partial charge in [-0.05, 0) is 38.3 Å². The SMILES string of the molecule is C[C@H]1COc2cc(C(=O)NO)ccc2CN1C(=O)C1CCCOCC1.S. The summed E-state index contributed by atoms with van der Waals surface area (Å²) in [6.07, 6.45) is 2.52. The second-order valence-electron chi connectivity index (χ2n) is 6.63. The standard InChI is InChI=1S/C18H24N2O5.H2S/c1-12-11-25-16-9-14(17(21)19-23)4-5-15(16)10-20(12)18(22)13-3-2-7-24-8-6-13;/h4-5,9,12-13,23H,2-3,6-8,10-11H2,1H3,(H,19,21);1H2/t12-,13?;/m0./s1. The maximum Gasteiger partial charge on any atom is 0.274 e. The van der Waals surface area contributed by atoms with Gasteiger partial charge in [-0.3, -0.25) is 14.8 Å². The summed E-state index contributed by atoms with van der Waals surface area (Å²) in [5.74, 6) is 0.125. The lowest BCUT2D eigenvalue weighted by Gasteiger charge is -2.30. The molecule has 0 radical (unpaired) electrons. The highest BCUT2D eigenvalue weighted by Gasteiger charge is 2.31. The van der Waals surface area contributed by atoms with Crippen LogP contribution in [-0.4, -0.2) is 47.8 Å². The van der Waals surface area contributed by atoms with E-state index in [2.05, 4.69) is 0 Å². The van der Waals surface area contributed by atoms with Crippen molar-refractivity contribution < 1.29 is 24.3 Å². The van der Waals surface area contributed by atoms with Crippen LogP contribution in [0.1, 0.15) is 42.1 Å². The molecule has 2 amide bonds. The van der Waals surface area contributed by atoms with Crippen LogP contribution in [0.3, 0.4) is 0 Å². The molecule has 3 rings (SSSR count). The molecule has 1 saturated heterocycles. The minimum atomic E-state index is -0.588. The van der Waals surface area contributed by atoms with Crippen LogP contribution >= 0.6 is 13.5 Å². The summed E-state index contributed by atoms with van der Waals surface area (Å²) in [6.45, 7) is 4.14. The molecular formula is C18H26N2O5S. The van der Waals surface area contributed by atoms with E-state index in [4.69, 9.17) is 14.7 Å². The van der Waals surface area contributed by atoms with Crippen molar-refractivity contribution >= 4 is 25.3 Å². The van der Waals surface area contributed by atoms with Gasteiger partial charge in [-0.2, -0.15) is 13.5 Å². The van der Waals surface area contributed by atoms with Gasteiger partial charge in [-0.15, -0.1) is 0 Å². The van der Waals surface area contributed by atoms with Gasteiger partial charge in [-0.25, -0.2) is 5.48 Å². The second-order valence-corrected chi connectivity index (χ2v) is 6.63. The first-order chi connectivity index (χ1) is 12.1. The number of carbonyl (C=O) groups is 2. The van der Waals surface area contributed by atoms with Gasteiger partial charge in [0.1, 0.15) is 12.4 Å². The second kappa shape index (κ2) is 9.25. The van der Waals surface area contributed by atoms with Gasteiger partial charge in [-0.1, -0.05) is 6.07 Å². The monoisotopic (exact) mass is 382 g/mol. The Labute approximate surface area is 160 Å². The fraction of sp³-hybridized carbons (Fsp3) is 0.556. The first kappa shape index (κ1) is 20.5. The van der Waals surface area contributed by atoms with Crippen LogP contribution in [0, 0.1) is 5.92 Å². The van der Waals surface area contributed by atoms with E-state index in [1.807, 2.05) is 11.8 Å². The Hall–Kier alpha value is -1.77. The fourth-order valence-electron chi connectivity index (χ4n) is 3.35. The van der Waals surface area contributed by atoms with Gasteiger partial charge in [0.05, 0.1) is 6.04 Å². The highest BCUT2D eigenvalue weighted by Crippen LogP contribution is 2.29. The van der Waals surface area contributed by atoms with Crippen LogP contribution in [0.15, 0.2) is 18.2 Å². The molecule has 0 saturated carbocycles. The number of amides is 2. The molecule has 0 aromatic heterocycles. The largest absolute Gasteiger partial charge is 0.491 e. The van der Waals surface area contributed by atoms with Gasteiger partial charge in [0, 0.05) is 36.8 Å². The molecule has 1 aromatic rings. The van der Waals surface area contributed by atoms with Crippen molar-refractivity contribution in [2.45, 2.75) is 38.8 Å². The zero-order chi connectivity index (χ0) is 17.8. The van der Waals surface area contributed by atoms with E-state index in [9.17, 15) is 9.59 Å². The minimum Gasteiger partial charge on any atom is -0.491 e. The van der Waals surface area contributed by atoms with Crippen molar-refractivity contribution in [2.75, 3.05) is 19.8 Å². The first-order valence-electron chi connectivity index (χ1n) is 8.68. The van der Waals surface area contributed by atoms with Gasteiger partial charge in [0.15, 0.2) is 0 Å². The Balaban J connectivity index is 0.00000243. The molecule has 0 aliphatic carbocycles. The Morgan fingerprint density at radius 3 is 2.85 bits per heavy atom. The first-order valence-corrected chi connectivity index (χ1v) is 8.68. The van der Waals surface area contributed by atoms with E-state index in [0.717, 1.165) is 31.4 Å². The smallest absolute Gasteiger partial charge is 0.274 e. The van der Waals surface area contributed by atoms with Crippen LogP contribution in [-0.2, 0) is 16.1 Å². The highest BCUT2D eigenvalue weighted by molar-refractivity contribution is 7.59.